The summed E-state index contributed by atoms with van der Waals surface area (Å²) >= 11 is 0. The van der Waals surface area contributed by atoms with Crippen molar-refractivity contribution < 1.29 is 0 Å². The van der Waals surface area contributed by atoms with Crippen LogP contribution in [0.4, 0.5) is 17.1 Å². The monoisotopic (exact) mass is 745 g/mol. The molecule has 8 aromatic carbocycles. The molecule has 0 saturated carbocycles. The van der Waals surface area contributed by atoms with Crippen molar-refractivity contribution in [2.45, 2.75) is 57.8 Å². The maximum absolute atomic E-state index is 2.48. The van der Waals surface area contributed by atoms with Crippen LogP contribution in [0.5, 0.6) is 0 Å². The van der Waals surface area contributed by atoms with Crippen LogP contribution in [0.2, 0.25) is 0 Å². The summed E-state index contributed by atoms with van der Waals surface area (Å²) in [5, 5.41) is 0. The van der Waals surface area contributed by atoms with Crippen LogP contribution >= 0.6 is 0 Å². The molecule has 0 bridgehead atoms. The fourth-order valence-corrected chi connectivity index (χ4v) is 10.9. The van der Waals surface area contributed by atoms with Crippen LogP contribution < -0.4 is 4.90 Å². The van der Waals surface area contributed by atoms with Crippen LogP contribution in [0.25, 0.3) is 55.6 Å². The second-order valence-electron chi connectivity index (χ2n) is 18.1. The fraction of sp³-hybridized carbons (Fsp3) is 0.158. The molecule has 0 heterocycles. The molecular formula is C57H47N. The Hall–Kier alpha value is -6.44. The largest absolute Gasteiger partial charge is 0.310 e. The Labute approximate surface area is 343 Å². The van der Waals surface area contributed by atoms with Crippen LogP contribution in [-0.2, 0) is 16.2 Å². The van der Waals surface area contributed by atoms with Crippen molar-refractivity contribution in [3.63, 3.8) is 0 Å². The van der Waals surface area contributed by atoms with E-state index in [4.69, 9.17) is 0 Å². The minimum atomic E-state index is -0.0649. The normalized spacial score (nSPS) is 15.5. The molecule has 0 aliphatic heterocycles. The number of benzene rings is 8. The molecule has 280 valence electrons. The molecule has 1 nitrogen and oxygen atoms in total. The Kier molecular flexibility index (Phi) is 7.36. The van der Waals surface area contributed by atoms with E-state index >= 15 is 0 Å². The lowest BCUT2D eigenvalue weighted by atomic mass is 9.82. The Morgan fingerprint density at radius 3 is 1.16 bits per heavy atom. The van der Waals surface area contributed by atoms with Crippen LogP contribution in [0.15, 0.2) is 176 Å². The third-order valence-electron chi connectivity index (χ3n) is 13.9. The molecule has 3 aliphatic rings. The number of rotatable bonds is 5. The van der Waals surface area contributed by atoms with Crippen molar-refractivity contribution in [2.75, 3.05) is 4.90 Å². The van der Waals surface area contributed by atoms with Gasteiger partial charge in [0.25, 0.3) is 0 Å². The van der Waals surface area contributed by atoms with Gasteiger partial charge >= 0.3 is 0 Å². The lowest BCUT2D eigenvalue weighted by Crippen LogP contribution is -2.15. The molecule has 58 heavy (non-hydrogen) atoms. The van der Waals surface area contributed by atoms with E-state index in [0.29, 0.717) is 0 Å². The standard InChI is InChI=1S/C57H47N/c1-55(2)47-26-10-7-21-43(47)46-35-40(31-32-50(46)55)58(38-19-13-17-36(33-38)41-24-15-29-51-53(41)44-22-8-11-27-48(44)56(51,3)4)39-20-14-18-37(34-39)42-25-16-30-52-54(42)45-23-9-12-28-49(45)57(52,5)6/h7-35H,1-6H3. The van der Waals surface area contributed by atoms with Crippen molar-refractivity contribution in [1.29, 1.82) is 0 Å². The second-order valence-corrected chi connectivity index (χ2v) is 18.1. The van der Waals surface area contributed by atoms with E-state index in [0.717, 1.165) is 17.1 Å². The zero-order chi connectivity index (χ0) is 39.6. The molecule has 0 aromatic heterocycles. The minimum Gasteiger partial charge on any atom is -0.310 e. The maximum Gasteiger partial charge on any atom is 0.0468 e. The SMILES string of the molecule is CC1(C)c2ccccc2-c2cc(N(c3cccc(-c4cccc5c4-c4ccccc4C5(C)C)c3)c3cccc(-c4cccc5c4-c4ccccc4C5(C)C)c3)ccc21. The average Bonchev–Trinajstić information content (AvgIpc) is 3.74. The lowest BCUT2D eigenvalue weighted by molar-refractivity contribution is 0.660. The summed E-state index contributed by atoms with van der Waals surface area (Å²) in [6, 6.07) is 66.2. The van der Waals surface area contributed by atoms with Crippen molar-refractivity contribution in [1.82, 2.24) is 0 Å². The highest BCUT2D eigenvalue weighted by atomic mass is 15.1. The third-order valence-corrected chi connectivity index (χ3v) is 13.9. The highest BCUT2D eigenvalue weighted by molar-refractivity contribution is 5.96. The van der Waals surface area contributed by atoms with Crippen molar-refractivity contribution in [3.8, 4) is 55.6 Å². The summed E-state index contributed by atoms with van der Waals surface area (Å²) < 4.78 is 0. The smallest absolute Gasteiger partial charge is 0.0468 e. The van der Waals surface area contributed by atoms with Crippen LogP contribution in [0, 0.1) is 0 Å². The zero-order valence-electron chi connectivity index (χ0n) is 34.2. The molecule has 0 unspecified atom stereocenters. The molecule has 3 aliphatic carbocycles. The number of hydrogen-bond donors (Lipinski definition) is 0. The summed E-state index contributed by atoms with van der Waals surface area (Å²) in [7, 11) is 0. The first kappa shape index (κ1) is 34.8. The van der Waals surface area contributed by atoms with E-state index in [9.17, 15) is 0 Å². The average molecular weight is 746 g/mol. The topological polar surface area (TPSA) is 3.24 Å². The first-order valence-electron chi connectivity index (χ1n) is 20.8. The molecule has 0 radical (unpaired) electrons. The van der Waals surface area contributed by atoms with Gasteiger partial charge in [0.15, 0.2) is 0 Å². The highest BCUT2D eigenvalue weighted by Crippen LogP contribution is 2.55. The summed E-state index contributed by atoms with van der Waals surface area (Å²) in [6.07, 6.45) is 0. The quantitative estimate of drug-likeness (QED) is 0.170. The van der Waals surface area contributed by atoms with E-state index in [-0.39, 0.29) is 16.2 Å². The lowest BCUT2D eigenvalue weighted by Gasteiger charge is -2.28. The summed E-state index contributed by atoms with van der Waals surface area (Å²) in [4.78, 5) is 2.48. The minimum absolute atomic E-state index is 0.0617. The summed E-state index contributed by atoms with van der Waals surface area (Å²) in [6.45, 7) is 14.2. The molecular weight excluding hydrogens is 699 g/mol. The first-order chi connectivity index (χ1) is 28.0. The van der Waals surface area contributed by atoms with Gasteiger partial charge in [0.1, 0.15) is 0 Å². The van der Waals surface area contributed by atoms with Gasteiger partial charge in [-0.05, 0) is 125 Å². The Balaban J connectivity index is 1.11. The highest BCUT2D eigenvalue weighted by Gasteiger charge is 2.39. The van der Waals surface area contributed by atoms with E-state index in [1.54, 1.807) is 0 Å². The molecule has 0 spiro atoms. The number of fused-ring (bicyclic) bond motifs is 9. The third kappa shape index (κ3) is 4.83. The maximum atomic E-state index is 2.48. The summed E-state index contributed by atoms with van der Waals surface area (Å²) in [5.41, 5.74) is 24.6. The predicted molar refractivity (Wildman–Crippen MR) is 245 cm³/mol. The summed E-state index contributed by atoms with van der Waals surface area (Å²) in [5.74, 6) is 0. The predicted octanol–water partition coefficient (Wildman–Crippen LogP) is 15.4. The fourth-order valence-electron chi connectivity index (χ4n) is 10.9. The van der Waals surface area contributed by atoms with Gasteiger partial charge in [-0.3, -0.25) is 0 Å². The van der Waals surface area contributed by atoms with Gasteiger partial charge in [0, 0.05) is 33.3 Å². The van der Waals surface area contributed by atoms with E-state index in [1.165, 1.54) is 89.0 Å². The Bertz CT molecular complexity index is 2840. The van der Waals surface area contributed by atoms with Crippen molar-refractivity contribution in [2.24, 2.45) is 0 Å². The van der Waals surface area contributed by atoms with Gasteiger partial charge in [-0.25, -0.2) is 0 Å². The number of hydrogen-bond acceptors (Lipinski definition) is 1. The molecule has 11 rings (SSSR count). The van der Waals surface area contributed by atoms with Gasteiger partial charge in [-0.15, -0.1) is 0 Å². The van der Waals surface area contributed by atoms with Crippen molar-refractivity contribution >= 4 is 17.1 Å². The first-order valence-corrected chi connectivity index (χ1v) is 20.8. The number of nitrogens with zero attached hydrogens (tertiary/aromatic N) is 1. The van der Waals surface area contributed by atoms with Crippen molar-refractivity contribution in [3.05, 3.63) is 209 Å². The molecule has 0 amide bonds. The van der Waals surface area contributed by atoms with Gasteiger partial charge in [0.05, 0.1) is 0 Å². The molecule has 0 saturated heterocycles. The molecule has 0 atom stereocenters. The van der Waals surface area contributed by atoms with E-state index in [2.05, 4.69) is 222 Å². The van der Waals surface area contributed by atoms with Crippen LogP contribution in [0.1, 0.15) is 74.9 Å². The second kappa shape index (κ2) is 12.3. The molecule has 1 heteroatoms. The van der Waals surface area contributed by atoms with Gasteiger partial charge in [-0.2, -0.15) is 0 Å². The molecule has 8 aromatic rings. The van der Waals surface area contributed by atoms with Gasteiger partial charge in [-0.1, -0.05) is 181 Å². The van der Waals surface area contributed by atoms with Gasteiger partial charge in [0.2, 0.25) is 0 Å². The van der Waals surface area contributed by atoms with E-state index in [1.807, 2.05) is 0 Å². The zero-order valence-corrected chi connectivity index (χ0v) is 34.2. The molecule has 0 fully saturated rings. The molecule has 0 N–H and O–H groups in total. The van der Waals surface area contributed by atoms with Gasteiger partial charge < -0.3 is 4.90 Å². The Morgan fingerprint density at radius 2 is 0.638 bits per heavy atom. The number of anilines is 3. The van der Waals surface area contributed by atoms with E-state index < -0.39 is 0 Å². The Morgan fingerprint density at radius 1 is 0.276 bits per heavy atom. The van der Waals surface area contributed by atoms with Crippen LogP contribution in [-0.4, -0.2) is 0 Å². The van der Waals surface area contributed by atoms with Crippen LogP contribution in [0.3, 0.4) is 0 Å².